The third-order valence-electron chi connectivity index (χ3n) is 2.40. The van der Waals surface area contributed by atoms with Crippen molar-refractivity contribution in [3.05, 3.63) is 47.5 Å². The molecule has 0 radical (unpaired) electrons. The number of aromatic hydroxyl groups is 2. The van der Waals surface area contributed by atoms with Crippen LogP contribution in [0, 0.1) is 22.7 Å². The predicted molar refractivity (Wildman–Crippen MR) is 77.4 cm³/mol. The fourth-order valence-corrected chi connectivity index (χ4v) is 3.50. The molecule has 20 heavy (non-hydrogen) atoms. The summed E-state index contributed by atoms with van der Waals surface area (Å²) in [7, 11) is 2.52. The first kappa shape index (κ1) is 14.1. The van der Waals surface area contributed by atoms with Crippen LogP contribution in [-0.4, -0.2) is 10.2 Å². The fourth-order valence-electron chi connectivity index (χ4n) is 1.40. The van der Waals surface area contributed by atoms with E-state index in [1.54, 1.807) is 24.3 Å². The minimum absolute atomic E-state index is 0.0229. The van der Waals surface area contributed by atoms with Gasteiger partial charge in [-0.2, -0.15) is 10.5 Å². The number of phenolic OH excluding ortho intramolecular Hbond substituents is 2. The molecule has 0 bridgehead atoms. The number of rotatable bonds is 3. The van der Waals surface area contributed by atoms with Gasteiger partial charge in [-0.15, -0.1) is 0 Å². The quantitative estimate of drug-likeness (QED) is 0.841. The van der Waals surface area contributed by atoms with Crippen LogP contribution in [0.15, 0.2) is 46.2 Å². The zero-order valence-electron chi connectivity index (χ0n) is 10.1. The first-order valence-electron chi connectivity index (χ1n) is 5.45. The van der Waals surface area contributed by atoms with E-state index in [-0.39, 0.29) is 11.5 Å². The second kappa shape index (κ2) is 6.25. The van der Waals surface area contributed by atoms with E-state index >= 15 is 0 Å². The Hall–Kier alpha value is -2.28. The Bertz CT molecular complexity index is 669. The van der Waals surface area contributed by atoms with Gasteiger partial charge in [-0.25, -0.2) is 0 Å². The Kier molecular flexibility index (Phi) is 4.41. The van der Waals surface area contributed by atoms with E-state index in [4.69, 9.17) is 10.5 Å². The molecule has 2 aromatic carbocycles. The van der Waals surface area contributed by atoms with Crippen molar-refractivity contribution in [2.24, 2.45) is 0 Å². The van der Waals surface area contributed by atoms with E-state index in [0.29, 0.717) is 20.9 Å². The van der Waals surface area contributed by atoms with Crippen molar-refractivity contribution in [1.29, 1.82) is 10.5 Å². The van der Waals surface area contributed by atoms with E-state index in [1.807, 2.05) is 12.1 Å². The molecule has 0 fully saturated rings. The molecule has 2 N–H and O–H groups in total. The lowest BCUT2D eigenvalue weighted by Gasteiger charge is -2.05. The summed E-state index contributed by atoms with van der Waals surface area (Å²) in [6.07, 6.45) is 0. The molecule has 0 aliphatic carbocycles. The van der Waals surface area contributed by atoms with Gasteiger partial charge in [-0.3, -0.25) is 0 Å². The molecule has 0 aliphatic rings. The number of hydrogen-bond donors (Lipinski definition) is 2. The Labute approximate surface area is 123 Å². The normalized spacial score (nSPS) is 9.70. The maximum Gasteiger partial charge on any atom is 0.131 e. The number of phenols is 2. The van der Waals surface area contributed by atoms with Crippen LogP contribution >= 0.6 is 21.6 Å². The Morgan fingerprint density at radius 3 is 1.45 bits per heavy atom. The average Bonchev–Trinajstić information content (AvgIpc) is 2.46. The summed E-state index contributed by atoms with van der Waals surface area (Å²) >= 11 is 0. The summed E-state index contributed by atoms with van der Waals surface area (Å²) in [5.74, 6) is 0.0457. The van der Waals surface area contributed by atoms with Gasteiger partial charge in [0.2, 0.25) is 0 Å². The summed E-state index contributed by atoms with van der Waals surface area (Å²) in [6, 6.07) is 13.2. The van der Waals surface area contributed by atoms with Crippen molar-refractivity contribution in [3.63, 3.8) is 0 Å². The van der Waals surface area contributed by atoms with Crippen LogP contribution < -0.4 is 0 Å². The van der Waals surface area contributed by atoms with Crippen LogP contribution in [0.2, 0.25) is 0 Å². The summed E-state index contributed by atoms with van der Waals surface area (Å²) in [6.45, 7) is 0. The van der Waals surface area contributed by atoms with Crippen LogP contribution in [0.25, 0.3) is 0 Å². The van der Waals surface area contributed by atoms with Gasteiger partial charge in [-0.05, 0) is 58.0 Å². The van der Waals surface area contributed by atoms with Gasteiger partial charge in [0.15, 0.2) is 0 Å². The molecule has 0 saturated carbocycles. The van der Waals surface area contributed by atoms with Crippen LogP contribution in [0.3, 0.4) is 0 Å². The highest BCUT2D eigenvalue weighted by molar-refractivity contribution is 8.76. The highest BCUT2D eigenvalue weighted by Gasteiger charge is 2.08. The molecule has 0 unspecified atom stereocenters. The summed E-state index contributed by atoms with van der Waals surface area (Å²) in [4.78, 5) is 1.19. The third kappa shape index (κ3) is 3.18. The zero-order valence-corrected chi connectivity index (χ0v) is 11.7. The second-order valence-corrected chi connectivity index (χ2v) is 5.97. The van der Waals surface area contributed by atoms with E-state index in [0.717, 1.165) is 0 Å². The third-order valence-corrected chi connectivity index (χ3v) is 4.86. The standard InChI is InChI=1S/C14H8N2O2S2/c15-7-9-1-3-13(11(17)5-9)19-20-14-4-2-10(8-16)6-12(14)18/h1-6,17-18H. The van der Waals surface area contributed by atoms with Crippen molar-refractivity contribution < 1.29 is 10.2 Å². The second-order valence-electron chi connectivity index (χ2n) is 3.76. The number of hydrogen-bond acceptors (Lipinski definition) is 6. The SMILES string of the molecule is N#Cc1ccc(SSc2ccc(C#N)cc2O)c(O)c1. The van der Waals surface area contributed by atoms with Crippen LogP contribution in [0.1, 0.15) is 11.1 Å². The van der Waals surface area contributed by atoms with E-state index < -0.39 is 0 Å². The Balaban J connectivity index is 2.13. The van der Waals surface area contributed by atoms with Gasteiger partial charge in [0.1, 0.15) is 11.5 Å². The molecule has 4 nitrogen and oxygen atoms in total. The molecular weight excluding hydrogens is 292 g/mol. The number of nitriles is 2. The Morgan fingerprint density at radius 2 is 1.15 bits per heavy atom. The largest absolute Gasteiger partial charge is 0.507 e. The molecule has 98 valence electrons. The molecule has 0 atom stereocenters. The predicted octanol–water partition coefficient (Wildman–Crippen LogP) is 3.64. The van der Waals surface area contributed by atoms with Crippen molar-refractivity contribution >= 4 is 21.6 Å². The lowest BCUT2D eigenvalue weighted by molar-refractivity contribution is 0.461. The van der Waals surface area contributed by atoms with Gasteiger partial charge in [-0.1, -0.05) is 0 Å². The summed E-state index contributed by atoms with van der Waals surface area (Å²) in [5.41, 5.74) is 0.774. The van der Waals surface area contributed by atoms with E-state index in [2.05, 4.69) is 0 Å². The first-order chi connectivity index (χ1) is 9.63. The smallest absolute Gasteiger partial charge is 0.131 e. The van der Waals surface area contributed by atoms with Crippen LogP contribution in [-0.2, 0) is 0 Å². The van der Waals surface area contributed by atoms with Gasteiger partial charge < -0.3 is 10.2 Å². The van der Waals surface area contributed by atoms with Gasteiger partial charge >= 0.3 is 0 Å². The molecule has 0 aliphatic heterocycles. The van der Waals surface area contributed by atoms with E-state index in [1.165, 1.54) is 33.7 Å². The number of benzene rings is 2. The maximum absolute atomic E-state index is 9.76. The van der Waals surface area contributed by atoms with Crippen LogP contribution in [0.5, 0.6) is 11.5 Å². The summed E-state index contributed by atoms with van der Waals surface area (Å²) < 4.78 is 0. The first-order valence-corrected chi connectivity index (χ1v) is 7.60. The zero-order chi connectivity index (χ0) is 14.5. The molecule has 6 heteroatoms. The van der Waals surface area contributed by atoms with Crippen molar-refractivity contribution in [2.45, 2.75) is 9.79 Å². The van der Waals surface area contributed by atoms with Gasteiger partial charge in [0.05, 0.1) is 33.1 Å². The Morgan fingerprint density at radius 1 is 0.750 bits per heavy atom. The molecule has 0 spiro atoms. The molecule has 0 saturated heterocycles. The van der Waals surface area contributed by atoms with Crippen molar-refractivity contribution in [2.75, 3.05) is 0 Å². The molecule has 0 aromatic heterocycles. The average molecular weight is 300 g/mol. The topological polar surface area (TPSA) is 88.0 Å². The lowest BCUT2D eigenvalue weighted by Crippen LogP contribution is -1.78. The highest BCUT2D eigenvalue weighted by atomic mass is 33.1. The number of nitrogens with zero attached hydrogens (tertiary/aromatic N) is 2. The lowest BCUT2D eigenvalue weighted by atomic mass is 10.2. The highest BCUT2D eigenvalue weighted by Crippen LogP contribution is 2.44. The molecule has 0 heterocycles. The fraction of sp³-hybridized carbons (Fsp3) is 0. The minimum atomic E-state index is 0.0229. The van der Waals surface area contributed by atoms with Gasteiger partial charge in [0.25, 0.3) is 0 Å². The van der Waals surface area contributed by atoms with Crippen molar-refractivity contribution in [3.8, 4) is 23.6 Å². The molecule has 0 amide bonds. The molecular formula is C14H8N2O2S2. The van der Waals surface area contributed by atoms with Gasteiger partial charge in [0, 0.05) is 0 Å². The summed E-state index contributed by atoms with van der Waals surface area (Å²) in [5, 5.41) is 37.0. The van der Waals surface area contributed by atoms with Crippen molar-refractivity contribution in [1.82, 2.24) is 0 Å². The molecule has 2 aromatic rings. The monoisotopic (exact) mass is 300 g/mol. The molecule has 2 rings (SSSR count). The van der Waals surface area contributed by atoms with E-state index in [9.17, 15) is 10.2 Å². The maximum atomic E-state index is 9.76. The minimum Gasteiger partial charge on any atom is -0.507 e. The van der Waals surface area contributed by atoms with Crippen LogP contribution in [0.4, 0.5) is 0 Å².